The van der Waals surface area contributed by atoms with Crippen molar-refractivity contribution in [1.82, 2.24) is 9.97 Å². The van der Waals surface area contributed by atoms with E-state index in [1.165, 1.54) is 6.33 Å². The maximum Gasteiger partial charge on any atom is 0.254 e. The van der Waals surface area contributed by atoms with E-state index < -0.39 is 0 Å². The molecule has 1 N–H and O–H groups in total. The van der Waals surface area contributed by atoms with Gasteiger partial charge in [0.05, 0.1) is 18.6 Å². The molecule has 1 aromatic heterocycles. The Morgan fingerprint density at radius 2 is 2.16 bits per heavy atom. The van der Waals surface area contributed by atoms with Crippen molar-refractivity contribution < 1.29 is 4.74 Å². The maximum absolute atomic E-state index is 11.9. The molecule has 0 radical (unpaired) electrons. The predicted molar refractivity (Wildman–Crippen MR) is 75.5 cm³/mol. The van der Waals surface area contributed by atoms with Crippen LogP contribution in [0.2, 0.25) is 0 Å². The third-order valence-electron chi connectivity index (χ3n) is 2.87. The minimum Gasteiger partial charge on any atom is -0.494 e. The fourth-order valence-corrected chi connectivity index (χ4v) is 2.06. The Morgan fingerprint density at radius 1 is 1.32 bits per heavy atom. The minimum atomic E-state index is -0.0614. The van der Waals surface area contributed by atoms with Crippen molar-refractivity contribution in [2.75, 3.05) is 6.61 Å². The Bertz CT molecular complexity index is 605. The van der Waals surface area contributed by atoms with E-state index in [0.29, 0.717) is 6.61 Å². The average molecular weight is 258 g/mol. The number of H-pyrrole nitrogens is 1. The fourth-order valence-electron chi connectivity index (χ4n) is 2.06. The molecule has 0 bridgehead atoms. The molecule has 0 aliphatic heterocycles. The first kappa shape index (κ1) is 13.3. The molecule has 0 atom stereocenters. The van der Waals surface area contributed by atoms with Crippen LogP contribution < -0.4 is 10.3 Å². The molecule has 100 valence electrons. The highest BCUT2D eigenvalue weighted by Crippen LogP contribution is 2.24. The lowest BCUT2D eigenvalue weighted by atomic mass is 10.0. The fraction of sp³-hybridized carbons (Fsp3) is 0.333. The Labute approximate surface area is 112 Å². The van der Waals surface area contributed by atoms with E-state index in [2.05, 4.69) is 9.97 Å². The topological polar surface area (TPSA) is 55.0 Å². The molecule has 0 saturated carbocycles. The standard InChI is InChI=1S/C15H18N2O2/c1-3-6-13-14(16-10-17-15(13)18)11-7-5-8-12(9-11)19-4-2/h5,7-10H,3-4,6H2,1-2H3,(H,16,17,18). The van der Waals surface area contributed by atoms with Crippen LogP contribution in [0.15, 0.2) is 35.4 Å². The largest absolute Gasteiger partial charge is 0.494 e. The Kier molecular flexibility index (Phi) is 4.34. The van der Waals surface area contributed by atoms with Gasteiger partial charge in [0.1, 0.15) is 5.75 Å². The van der Waals surface area contributed by atoms with Crippen molar-refractivity contribution >= 4 is 0 Å². The van der Waals surface area contributed by atoms with Crippen LogP contribution in [-0.4, -0.2) is 16.6 Å². The van der Waals surface area contributed by atoms with E-state index in [-0.39, 0.29) is 5.56 Å². The lowest BCUT2D eigenvalue weighted by Gasteiger charge is -2.08. The van der Waals surface area contributed by atoms with Crippen molar-refractivity contribution in [3.63, 3.8) is 0 Å². The highest BCUT2D eigenvalue weighted by atomic mass is 16.5. The average Bonchev–Trinajstić information content (AvgIpc) is 2.42. The smallest absolute Gasteiger partial charge is 0.254 e. The lowest BCUT2D eigenvalue weighted by molar-refractivity contribution is 0.340. The van der Waals surface area contributed by atoms with Gasteiger partial charge in [-0.25, -0.2) is 4.98 Å². The summed E-state index contributed by atoms with van der Waals surface area (Å²) in [7, 11) is 0. The van der Waals surface area contributed by atoms with Crippen LogP contribution in [0, 0.1) is 0 Å². The van der Waals surface area contributed by atoms with Gasteiger partial charge in [-0.15, -0.1) is 0 Å². The summed E-state index contributed by atoms with van der Waals surface area (Å²) in [4.78, 5) is 18.8. The van der Waals surface area contributed by atoms with Gasteiger partial charge in [0.2, 0.25) is 0 Å². The highest BCUT2D eigenvalue weighted by Gasteiger charge is 2.10. The normalized spacial score (nSPS) is 10.4. The molecular formula is C15H18N2O2. The number of nitrogens with zero attached hydrogens (tertiary/aromatic N) is 1. The molecule has 0 aliphatic carbocycles. The zero-order valence-electron chi connectivity index (χ0n) is 11.3. The van der Waals surface area contributed by atoms with Gasteiger partial charge in [0.15, 0.2) is 0 Å². The Hall–Kier alpha value is -2.10. The maximum atomic E-state index is 11.9. The van der Waals surface area contributed by atoms with Crippen LogP contribution in [0.3, 0.4) is 0 Å². The summed E-state index contributed by atoms with van der Waals surface area (Å²) >= 11 is 0. The van der Waals surface area contributed by atoms with Crippen molar-refractivity contribution in [1.29, 1.82) is 0 Å². The molecule has 4 nitrogen and oxygen atoms in total. The zero-order chi connectivity index (χ0) is 13.7. The summed E-state index contributed by atoms with van der Waals surface area (Å²) < 4.78 is 5.48. The lowest BCUT2D eigenvalue weighted by Crippen LogP contribution is -2.14. The first-order valence-corrected chi connectivity index (χ1v) is 6.56. The molecule has 4 heteroatoms. The molecule has 1 heterocycles. The Balaban J connectivity index is 2.49. The third kappa shape index (κ3) is 3.02. The van der Waals surface area contributed by atoms with E-state index in [0.717, 1.165) is 35.4 Å². The van der Waals surface area contributed by atoms with Crippen LogP contribution in [0.5, 0.6) is 5.75 Å². The van der Waals surface area contributed by atoms with Crippen molar-refractivity contribution in [2.24, 2.45) is 0 Å². The van der Waals surface area contributed by atoms with Gasteiger partial charge in [-0.1, -0.05) is 25.5 Å². The number of benzene rings is 1. The molecule has 2 rings (SSSR count). The van der Waals surface area contributed by atoms with Gasteiger partial charge < -0.3 is 9.72 Å². The van der Waals surface area contributed by atoms with E-state index >= 15 is 0 Å². The first-order valence-electron chi connectivity index (χ1n) is 6.56. The van der Waals surface area contributed by atoms with Crippen molar-refractivity contribution in [3.05, 3.63) is 46.5 Å². The van der Waals surface area contributed by atoms with Gasteiger partial charge in [-0.05, 0) is 25.5 Å². The van der Waals surface area contributed by atoms with Gasteiger partial charge in [0, 0.05) is 11.1 Å². The number of hydrogen-bond acceptors (Lipinski definition) is 3. The number of aromatic nitrogens is 2. The Morgan fingerprint density at radius 3 is 2.89 bits per heavy atom. The number of aromatic amines is 1. The second kappa shape index (κ2) is 6.18. The second-order valence-electron chi connectivity index (χ2n) is 4.27. The van der Waals surface area contributed by atoms with Crippen molar-refractivity contribution in [2.45, 2.75) is 26.7 Å². The van der Waals surface area contributed by atoms with Crippen molar-refractivity contribution in [3.8, 4) is 17.0 Å². The molecule has 0 spiro atoms. The molecule has 0 unspecified atom stereocenters. The molecule has 0 fully saturated rings. The summed E-state index contributed by atoms with van der Waals surface area (Å²) in [6.07, 6.45) is 3.08. The summed E-state index contributed by atoms with van der Waals surface area (Å²) in [5.41, 5.74) is 2.33. The van der Waals surface area contributed by atoms with Crippen LogP contribution in [0.1, 0.15) is 25.8 Å². The molecule has 0 aliphatic rings. The SMILES string of the molecule is CCCc1c(-c2cccc(OCC)c2)nc[nH]c1=O. The number of ether oxygens (including phenoxy) is 1. The van der Waals surface area contributed by atoms with Crippen LogP contribution in [-0.2, 0) is 6.42 Å². The quantitative estimate of drug-likeness (QED) is 0.897. The molecule has 2 aromatic rings. The zero-order valence-corrected chi connectivity index (χ0v) is 11.3. The van der Waals surface area contributed by atoms with Gasteiger partial charge in [-0.2, -0.15) is 0 Å². The van der Waals surface area contributed by atoms with Gasteiger partial charge in [0.25, 0.3) is 5.56 Å². The highest BCUT2D eigenvalue weighted by molar-refractivity contribution is 5.64. The predicted octanol–water partition coefficient (Wildman–Crippen LogP) is 2.79. The number of hydrogen-bond donors (Lipinski definition) is 1. The van der Waals surface area contributed by atoms with E-state index in [1.54, 1.807) is 0 Å². The number of nitrogens with one attached hydrogen (secondary N) is 1. The summed E-state index contributed by atoms with van der Waals surface area (Å²) in [6.45, 7) is 4.61. The molecular weight excluding hydrogens is 240 g/mol. The van der Waals surface area contributed by atoms with Crippen LogP contribution in [0.4, 0.5) is 0 Å². The minimum absolute atomic E-state index is 0.0614. The molecule has 1 aromatic carbocycles. The number of rotatable bonds is 5. The van der Waals surface area contributed by atoms with Crippen LogP contribution in [0.25, 0.3) is 11.3 Å². The monoisotopic (exact) mass is 258 g/mol. The van der Waals surface area contributed by atoms with Gasteiger partial charge in [-0.3, -0.25) is 4.79 Å². The molecule has 0 amide bonds. The molecule has 0 saturated heterocycles. The molecule has 19 heavy (non-hydrogen) atoms. The summed E-state index contributed by atoms with van der Waals surface area (Å²) in [6, 6.07) is 7.69. The van der Waals surface area contributed by atoms with E-state index in [4.69, 9.17) is 4.74 Å². The first-order chi connectivity index (χ1) is 9.26. The van der Waals surface area contributed by atoms with Gasteiger partial charge >= 0.3 is 0 Å². The second-order valence-corrected chi connectivity index (χ2v) is 4.27. The van der Waals surface area contributed by atoms with Crippen LogP contribution >= 0.6 is 0 Å². The summed E-state index contributed by atoms with van der Waals surface area (Å²) in [5.74, 6) is 0.796. The summed E-state index contributed by atoms with van der Waals surface area (Å²) in [5, 5.41) is 0. The van der Waals surface area contributed by atoms with E-state index in [9.17, 15) is 4.79 Å². The van der Waals surface area contributed by atoms with E-state index in [1.807, 2.05) is 38.1 Å². The third-order valence-corrected chi connectivity index (χ3v) is 2.87.